The third-order valence-electron chi connectivity index (χ3n) is 3.10. The molecule has 0 bridgehead atoms. The summed E-state index contributed by atoms with van der Waals surface area (Å²) in [4.78, 5) is 1.82. The SMILES string of the molecule is [O-][n+]1nc2c(I)cnn2c2cc(-c3cccs3)ccc21. The van der Waals surface area contributed by atoms with Crippen molar-refractivity contribution in [2.75, 3.05) is 0 Å². The summed E-state index contributed by atoms with van der Waals surface area (Å²) in [6.45, 7) is 0. The summed E-state index contributed by atoms with van der Waals surface area (Å²) < 4.78 is 2.57. The van der Waals surface area contributed by atoms with E-state index in [1.54, 1.807) is 28.1 Å². The van der Waals surface area contributed by atoms with Crippen LogP contribution in [0.1, 0.15) is 0 Å². The van der Waals surface area contributed by atoms with E-state index in [1.807, 2.05) is 23.6 Å². The Hall–Kier alpha value is -1.74. The van der Waals surface area contributed by atoms with Crippen LogP contribution in [-0.2, 0) is 0 Å². The van der Waals surface area contributed by atoms with Gasteiger partial charge in [0.1, 0.15) is 5.52 Å². The van der Waals surface area contributed by atoms with Crippen LogP contribution in [0.2, 0.25) is 0 Å². The van der Waals surface area contributed by atoms with E-state index in [1.165, 1.54) is 0 Å². The van der Waals surface area contributed by atoms with Crippen LogP contribution in [0.25, 0.3) is 27.1 Å². The van der Waals surface area contributed by atoms with Gasteiger partial charge < -0.3 is 5.21 Å². The molecule has 3 heterocycles. The Morgan fingerprint density at radius 3 is 3.00 bits per heavy atom. The summed E-state index contributed by atoms with van der Waals surface area (Å²) in [6.07, 6.45) is 1.71. The van der Waals surface area contributed by atoms with Crippen molar-refractivity contribution in [3.8, 4) is 10.4 Å². The molecule has 0 aliphatic carbocycles. The molecular weight excluding hydrogens is 387 g/mol. The van der Waals surface area contributed by atoms with Gasteiger partial charge in [-0.15, -0.1) is 11.3 Å². The second-order valence-corrected chi connectivity index (χ2v) is 6.39. The summed E-state index contributed by atoms with van der Waals surface area (Å²) in [5.41, 5.74) is 2.93. The van der Waals surface area contributed by atoms with Gasteiger partial charge in [-0.3, -0.25) is 0 Å². The lowest BCUT2D eigenvalue weighted by molar-refractivity contribution is -0.640. The maximum atomic E-state index is 12.0. The first-order valence-corrected chi connectivity index (χ1v) is 7.80. The van der Waals surface area contributed by atoms with E-state index in [0.717, 1.165) is 19.5 Å². The van der Waals surface area contributed by atoms with Crippen LogP contribution in [0.4, 0.5) is 0 Å². The lowest BCUT2D eigenvalue weighted by Crippen LogP contribution is -2.33. The van der Waals surface area contributed by atoms with Crippen molar-refractivity contribution in [2.24, 2.45) is 0 Å². The predicted molar refractivity (Wildman–Crippen MR) is 85.5 cm³/mol. The molecule has 0 saturated carbocycles. The molecule has 0 atom stereocenters. The highest BCUT2D eigenvalue weighted by Gasteiger charge is 2.15. The van der Waals surface area contributed by atoms with E-state index in [4.69, 9.17) is 0 Å². The first-order chi connectivity index (χ1) is 9.74. The third-order valence-corrected chi connectivity index (χ3v) is 4.78. The zero-order valence-corrected chi connectivity index (χ0v) is 13.0. The first-order valence-electron chi connectivity index (χ1n) is 5.85. The fourth-order valence-electron chi connectivity index (χ4n) is 2.18. The molecule has 4 rings (SSSR count). The third kappa shape index (κ3) is 1.70. The molecule has 0 aliphatic rings. The number of hydrogen-bond acceptors (Lipinski definition) is 4. The Labute approximate surface area is 131 Å². The van der Waals surface area contributed by atoms with Gasteiger partial charge in [-0.25, -0.2) is 4.52 Å². The number of benzene rings is 1. The van der Waals surface area contributed by atoms with E-state index in [0.29, 0.717) is 16.0 Å². The summed E-state index contributed by atoms with van der Waals surface area (Å²) in [5, 5.41) is 22.4. The molecule has 0 amide bonds. The van der Waals surface area contributed by atoms with E-state index >= 15 is 0 Å². The smallest absolute Gasteiger partial charge is 0.270 e. The van der Waals surface area contributed by atoms with Gasteiger partial charge >= 0.3 is 0 Å². The number of halogens is 1. The van der Waals surface area contributed by atoms with Crippen LogP contribution < -0.4 is 4.85 Å². The standard InChI is InChI=1S/C13H7IN4OS/c14-9-7-15-17-11-6-8(12-2-1-5-20-12)3-4-10(11)18(19)16-13(9)17/h1-7H. The minimum absolute atomic E-state index is 0.511. The first kappa shape index (κ1) is 12.0. The molecule has 0 aliphatic heterocycles. The molecule has 0 N–H and O–H groups in total. The normalized spacial score (nSPS) is 11.4. The highest BCUT2D eigenvalue weighted by Crippen LogP contribution is 2.27. The molecule has 3 aromatic heterocycles. The molecule has 20 heavy (non-hydrogen) atoms. The number of nitrogens with zero attached hydrogens (tertiary/aromatic N) is 4. The largest absolute Gasteiger partial charge is 0.594 e. The number of aromatic nitrogens is 4. The van der Waals surface area contributed by atoms with Crippen LogP contribution in [-0.4, -0.2) is 14.7 Å². The molecule has 5 nitrogen and oxygen atoms in total. The van der Waals surface area contributed by atoms with Crippen LogP contribution in [0.3, 0.4) is 0 Å². The average Bonchev–Trinajstić information content (AvgIpc) is 3.10. The molecule has 1 aromatic carbocycles. The molecule has 98 valence electrons. The molecule has 0 saturated heterocycles. The van der Waals surface area contributed by atoms with Crippen molar-refractivity contribution >= 4 is 50.6 Å². The summed E-state index contributed by atoms with van der Waals surface area (Å²) in [6, 6.07) is 9.77. The van der Waals surface area contributed by atoms with Crippen molar-refractivity contribution in [1.29, 1.82) is 0 Å². The van der Waals surface area contributed by atoms with Crippen LogP contribution >= 0.6 is 33.9 Å². The minimum atomic E-state index is 0.511. The van der Waals surface area contributed by atoms with Crippen molar-refractivity contribution in [3.63, 3.8) is 0 Å². The van der Waals surface area contributed by atoms with Crippen molar-refractivity contribution < 1.29 is 4.85 Å². The van der Waals surface area contributed by atoms with E-state index in [-0.39, 0.29) is 0 Å². The van der Waals surface area contributed by atoms with Gasteiger partial charge in [0.25, 0.3) is 5.52 Å². The van der Waals surface area contributed by atoms with Crippen molar-refractivity contribution in [1.82, 2.24) is 14.7 Å². The fourth-order valence-corrected chi connectivity index (χ4v) is 3.36. The Balaban J connectivity index is 2.12. The van der Waals surface area contributed by atoms with E-state index in [9.17, 15) is 5.21 Å². The molecule has 0 spiro atoms. The maximum Gasteiger partial charge on any atom is 0.270 e. The molecule has 0 fully saturated rings. The van der Waals surface area contributed by atoms with Crippen LogP contribution in [0, 0.1) is 8.78 Å². The Kier molecular flexibility index (Phi) is 2.64. The zero-order chi connectivity index (χ0) is 13.7. The fraction of sp³-hybridized carbons (Fsp3) is 0. The highest BCUT2D eigenvalue weighted by atomic mass is 127. The van der Waals surface area contributed by atoms with Crippen molar-refractivity contribution in [2.45, 2.75) is 0 Å². The zero-order valence-electron chi connectivity index (χ0n) is 10.0. The van der Waals surface area contributed by atoms with Crippen molar-refractivity contribution in [3.05, 3.63) is 50.7 Å². The predicted octanol–water partition coefficient (Wildman–Crippen LogP) is 2.85. The molecule has 0 radical (unpaired) electrons. The van der Waals surface area contributed by atoms with Gasteiger partial charge in [-0.1, -0.05) is 6.07 Å². The Morgan fingerprint density at radius 2 is 2.20 bits per heavy atom. The monoisotopic (exact) mass is 394 g/mol. The van der Waals surface area contributed by atoms with E-state index < -0.39 is 0 Å². The van der Waals surface area contributed by atoms with Gasteiger partial charge in [-0.2, -0.15) is 5.10 Å². The second kappa shape index (κ2) is 4.38. The van der Waals surface area contributed by atoms with Crippen LogP contribution in [0.5, 0.6) is 0 Å². The van der Waals surface area contributed by atoms with E-state index in [2.05, 4.69) is 38.9 Å². The highest BCUT2D eigenvalue weighted by molar-refractivity contribution is 14.1. The lowest BCUT2D eigenvalue weighted by atomic mass is 10.1. The number of fused-ring (bicyclic) bond motifs is 3. The molecule has 4 aromatic rings. The minimum Gasteiger partial charge on any atom is -0.594 e. The number of rotatable bonds is 1. The maximum absolute atomic E-state index is 12.0. The molecule has 0 unspecified atom stereocenters. The molecule has 7 heteroatoms. The topological polar surface area (TPSA) is 57.1 Å². The summed E-state index contributed by atoms with van der Waals surface area (Å²) in [7, 11) is 0. The Bertz CT molecular complexity index is 933. The average molecular weight is 394 g/mol. The Morgan fingerprint density at radius 1 is 1.30 bits per heavy atom. The van der Waals surface area contributed by atoms with Gasteiger partial charge in [0.15, 0.2) is 0 Å². The van der Waals surface area contributed by atoms with Gasteiger partial charge in [0.05, 0.1) is 9.77 Å². The van der Waals surface area contributed by atoms with Gasteiger partial charge in [-0.05, 0) is 56.6 Å². The summed E-state index contributed by atoms with van der Waals surface area (Å²) in [5.74, 6) is 0. The van der Waals surface area contributed by atoms with Crippen LogP contribution in [0.15, 0.2) is 41.9 Å². The van der Waals surface area contributed by atoms with Gasteiger partial charge in [0.2, 0.25) is 5.65 Å². The number of hydrogen-bond donors (Lipinski definition) is 0. The number of thiophene rings is 1. The molecular formula is C13H7IN4OS. The quantitative estimate of drug-likeness (QED) is 0.284. The second-order valence-electron chi connectivity index (χ2n) is 4.28. The summed E-state index contributed by atoms with van der Waals surface area (Å²) >= 11 is 3.79. The lowest BCUT2D eigenvalue weighted by Gasteiger charge is -2.03. The van der Waals surface area contributed by atoms with Gasteiger partial charge in [0, 0.05) is 16.0 Å².